The standard InChI is InChI=1S/C9H14N4O3.C9H16N4O.CH4O/c1-12(3-4-16-2)9-5-7(10)8(6-11-9)13(14)15;1-13(3-4-14-2)9-5-7(10)8(11)6-12-9;1-2/h5-6H,3-4H2,1-2H3,(H2,10,11);5-6H,3-4,11H2,1-2H3,(H2,10,12);2H,1H3. The molecule has 0 aliphatic heterocycles. The molecule has 0 atom stereocenters. The number of hydrogen-bond donors (Lipinski definition) is 4. The van der Waals surface area contributed by atoms with Gasteiger partial charge < -0.3 is 41.6 Å². The first kappa shape index (κ1) is 28.6. The molecule has 32 heavy (non-hydrogen) atoms. The van der Waals surface area contributed by atoms with Crippen molar-refractivity contribution in [3.8, 4) is 0 Å². The van der Waals surface area contributed by atoms with E-state index in [9.17, 15) is 10.1 Å². The van der Waals surface area contributed by atoms with E-state index in [4.69, 9.17) is 31.8 Å². The topological polar surface area (TPSA) is 192 Å². The van der Waals surface area contributed by atoms with Crippen LogP contribution in [0.4, 0.5) is 34.4 Å². The molecular formula is C19H34N8O5. The van der Waals surface area contributed by atoms with E-state index >= 15 is 0 Å². The highest BCUT2D eigenvalue weighted by molar-refractivity contribution is 5.66. The molecule has 13 heteroatoms. The fourth-order valence-corrected chi connectivity index (χ4v) is 2.18. The molecule has 0 amide bonds. The van der Waals surface area contributed by atoms with Crippen molar-refractivity contribution >= 4 is 34.4 Å². The molecule has 0 fully saturated rings. The molecule has 0 aliphatic carbocycles. The van der Waals surface area contributed by atoms with Crippen LogP contribution in [0.25, 0.3) is 0 Å². The number of nitrogens with zero attached hydrogens (tertiary/aromatic N) is 5. The number of aromatic nitrogens is 2. The van der Waals surface area contributed by atoms with Crippen molar-refractivity contribution in [2.24, 2.45) is 0 Å². The molecule has 7 N–H and O–H groups in total. The van der Waals surface area contributed by atoms with Crippen LogP contribution in [-0.4, -0.2) is 81.7 Å². The Hall–Kier alpha value is -3.42. The summed E-state index contributed by atoms with van der Waals surface area (Å²) in [5.74, 6) is 1.38. The number of pyridine rings is 2. The van der Waals surface area contributed by atoms with Crippen molar-refractivity contribution in [3.05, 3.63) is 34.6 Å². The average molecular weight is 455 g/mol. The van der Waals surface area contributed by atoms with Gasteiger partial charge >= 0.3 is 5.69 Å². The summed E-state index contributed by atoms with van der Waals surface area (Å²) >= 11 is 0. The number of aliphatic hydroxyl groups is 1. The SMILES string of the molecule is CO.COCCN(C)c1cc(N)c(N)cn1.COCCN(C)c1cc(N)c([N+](=O)[O-])cn1. The minimum atomic E-state index is -0.554. The zero-order valence-corrected chi connectivity index (χ0v) is 19.2. The van der Waals surface area contributed by atoms with Gasteiger partial charge in [-0.15, -0.1) is 0 Å². The molecule has 0 aromatic carbocycles. The molecule has 0 unspecified atom stereocenters. The summed E-state index contributed by atoms with van der Waals surface area (Å²) in [5.41, 5.74) is 17.8. The Bertz CT molecular complexity index is 824. The summed E-state index contributed by atoms with van der Waals surface area (Å²) in [6.45, 7) is 2.62. The Morgan fingerprint density at radius 1 is 0.906 bits per heavy atom. The summed E-state index contributed by atoms with van der Waals surface area (Å²) < 4.78 is 9.88. The van der Waals surface area contributed by atoms with E-state index < -0.39 is 4.92 Å². The van der Waals surface area contributed by atoms with Crippen LogP contribution in [0.15, 0.2) is 24.5 Å². The summed E-state index contributed by atoms with van der Waals surface area (Å²) in [7, 11) is 8.01. The summed E-state index contributed by atoms with van der Waals surface area (Å²) in [4.78, 5) is 21.9. The maximum Gasteiger partial charge on any atom is 0.310 e. The van der Waals surface area contributed by atoms with Crippen LogP contribution in [0.1, 0.15) is 0 Å². The highest BCUT2D eigenvalue weighted by atomic mass is 16.6. The van der Waals surface area contributed by atoms with E-state index in [0.717, 1.165) is 25.7 Å². The molecule has 13 nitrogen and oxygen atoms in total. The number of hydrogen-bond acceptors (Lipinski definition) is 12. The second kappa shape index (κ2) is 15.4. The summed E-state index contributed by atoms with van der Waals surface area (Å²) in [6, 6.07) is 3.23. The van der Waals surface area contributed by atoms with Gasteiger partial charge in [0.25, 0.3) is 0 Å². The van der Waals surface area contributed by atoms with Crippen molar-refractivity contribution in [2.75, 3.05) is 88.7 Å². The number of likely N-dealkylation sites (N-methyl/N-ethyl adjacent to an activating group) is 2. The maximum absolute atomic E-state index is 10.5. The smallest absolute Gasteiger partial charge is 0.310 e. The normalized spacial score (nSPS) is 9.69. The van der Waals surface area contributed by atoms with Gasteiger partial charge in [-0.2, -0.15) is 0 Å². The lowest BCUT2D eigenvalue weighted by molar-refractivity contribution is -0.384. The van der Waals surface area contributed by atoms with Crippen LogP contribution >= 0.6 is 0 Å². The molecule has 0 radical (unpaired) electrons. The highest BCUT2D eigenvalue weighted by Crippen LogP contribution is 2.23. The highest BCUT2D eigenvalue weighted by Gasteiger charge is 2.13. The number of nitrogen functional groups attached to an aromatic ring is 3. The maximum atomic E-state index is 10.5. The van der Waals surface area contributed by atoms with Crippen LogP contribution < -0.4 is 27.0 Å². The van der Waals surface area contributed by atoms with Crippen molar-refractivity contribution < 1.29 is 19.5 Å². The third-order valence-electron chi connectivity index (χ3n) is 4.09. The van der Waals surface area contributed by atoms with Crippen LogP contribution in [0.2, 0.25) is 0 Å². The predicted octanol–water partition coefficient (Wildman–Crippen LogP) is 0.592. The van der Waals surface area contributed by atoms with Crippen molar-refractivity contribution in [3.63, 3.8) is 0 Å². The van der Waals surface area contributed by atoms with E-state index in [1.807, 2.05) is 23.9 Å². The number of anilines is 5. The largest absolute Gasteiger partial charge is 0.400 e. The summed E-state index contributed by atoms with van der Waals surface area (Å²) in [5, 5.41) is 17.5. The minimum absolute atomic E-state index is 0.110. The number of nitrogens with two attached hydrogens (primary N) is 3. The first-order valence-corrected chi connectivity index (χ1v) is 9.47. The van der Waals surface area contributed by atoms with Gasteiger partial charge in [-0.1, -0.05) is 0 Å². The van der Waals surface area contributed by atoms with E-state index in [1.54, 1.807) is 26.5 Å². The molecule has 180 valence electrons. The van der Waals surface area contributed by atoms with Crippen LogP contribution in [0, 0.1) is 10.1 Å². The van der Waals surface area contributed by atoms with E-state index in [-0.39, 0.29) is 11.4 Å². The number of rotatable bonds is 9. The van der Waals surface area contributed by atoms with Gasteiger partial charge in [-0.05, 0) is 0 Å². The van der Waals surface area contributed by atoms with Crippen LogP contribution in [-0.2, 0) is 9.47 Å². The van der Waals surface area contributed by atoms with Crippen molar-refractivity contribution in [2.45, 2.75) is 0 Å². The second-order valence-electron chi connectivity index (χ2n) is 6.36. The molecule has 0 saturated heterocycles. The van der Waals surface area contributed by atoms with Gasteiger partial charge in [-0.25, -0.2) is 9.97 Å². The van der Waals surface area contributed by atoms with Crippen LogP contribution in [0.3, 0.4) is 0 Å². The quantitative estimate of drug-likeness (QED) is 0.305. The van der Waals surface area contributed by atoms with E-state index in [1.165, 1.54) is 6.07 Å². The average Bonchev–Trinajstić information content (AvgIpc) is 2.79. The van der Waals surface area contributed by atoms with Gasteiger partial charge in [0, 0.05) is 60.6 Å². The monoisotopic (exact) mass is 454 g/mol. The van der Waals surface area contributed by atoms with Crippen LogP contribution in [0.5, 0.6) is 0 Å². The first-order valence-electron chi connectivity index (χ1n) is 9.47. The Kier molecular flexibility index (Phi) is 13.7. The van der Waals surface area contributed by atoms with Gasteiger partial charge in [0.15, 0.2) is 0 Å². The summed E-state index contributed by atoms with van der Waals surface area (Å²) in [6.07, 6.45) is 2.72. The number of ether oxygens (including phenoxy) is 2. The lowest BCUT2D eigenvalue weighted by Crippen LogP contribution is -2.23. The number of aliphatic hydroxyl groups excluding tert-OH is 1. The Labute approximate surface area is 187 Å². The zero-order valence-electron chi connectivity index (χ0n) is 19.2. The third-order valence-corrected chi connectivity index (χ3v) is 4.09. The zero-order chi connectivity index (χ0) is 24.7. The molecular weight excluding hydrogens is 420 g/mol. The molecule has 2 aromatic rings. The van der Waals surface area contributed by atoms with Crippen molar-refractivity contribution in [1.29, 1.82) is 0 Å². The molecule has 0 saturated carbocycles. The van der Waals surface area contributed by atoms with Crippen molar-refractivity contribution in [1.82, 2.24) is 9.97 Å². The predicted molar refractivity (Wildman–Crippen MR) is 127 cm³/mol. The van der Waals surface area contributed by atoms with E-state index in [2.05, 4.69) is 9.97 Å². The fourth-order valence-electron chi connectivity index (χ4n) is 2.18. The third kappa shape index (κ3) is 9.59. The fraction of sp³-hybridized carbons (Fsp3) is 0.474. The van der Waals surface area contributed by atoms with Gasteiger partial charge in [0.05, 0.1) is 35.7 Å². The molecule has 0 spiro atoms. The number of nitro groups is 1. The Morgan fingerprint density at radius 2 is 1.34 bits per heavy atom. The number of methoxy groups -OCH3 is 2. The first-order chi connectivity index (χ1) is 15.2. The lowest BCUT2D eigenvalue weighted by Gasteiger charge is -2.18. The molecule has 2 rings (SSSR count). The Morgan fingerprint density at radius 3 is 1.72 bits per heavy atom. The van der Waals surface area contributed by atoms with Gasteiger partial charge in [0.2, 0.25) is 0 Å². The Balaban J connectivity index is 0.000000561. The lowest BCUT2D eigenvalue weighted by atomic mass is 10.3. The second-order valence-corrected chi connectivity index (χ2v) is 6.36. The van der Waals surface area contributed by atoms with E-state index in [0.29, 0.717) is 37.0 Å². The van der Waals surface area contributed by atoms with Gasteiger partial charge in [-0.3, -0.25) is 10.1 Å². The molecule has 2 heterocycles. The minimum Gasteiger partial charge on any atom is -0.400 e. The molecule has 0 bridgehead atoms. The molecule has 2 aromatic heterocycles. The molecule has 0 aliphatic rings. The van der Waals surface area contributed by atoms with Gasteiger partial charge in [0.1, 0.15) is 23.5 Å².